The highest BCUT2D eigenvalue weighted by molar-refractivity contribution is 5.74. The highest BCUT2D eigenvalue weighted by atomic mass is 16.5. The number of hydrogen-bond acceptors (Lipinski definition) is 4. The first-order valence-corrected chi connectivity index (χ1v) is 8.15. The molecule has 0 saturated carbocycles. The third kappa shape index (κ3) is 5.69. The van der Waals surface area contributed by atoms with E-state index in [1.165, 1.54) is 0 Å². The summed E-state index contributed by atoms with van der Waals surface area (Å²) in [6.07, 6.45) is 3.65. The first-order valence-electron chi connectivity index (χ1n) is 8.15. The standard InChI is InChI=1S/C16H27N3O3/c1-2-21-12-4-3-7-17-16(20)19-10-8-18(9-11-19)14-15-6-5-13-22-15/h5-6,13H,2-4,7-12,14H2,1H3,(H,17,20). The normalized spacial score (nSPS) is 16.0. The van der Waals surface area contributed by atoms with E-state index in [0.29, 0.717) is 0 Å². The second-order valence-electron chi connectivity index (χ2n) is 5.48. The Morgan fingerprint density at radius 1 is 1.32 bits per heavy atom. The molecule has 1 N–H and O–H groups in total. The van der Waals surface area contributed by atoms with Crippen LogP contribution in [0.25, 0.3) is 0 Å². The molecule has 0 atom stereocenters. The Kier molecular flexibility index (Phi) is 7.25. The second kappa shape index (κ2) is 9.48. The topological polar surface area (TPSA) is 58.0 Å². The third-order valence-electron chi connectivity index (χ3n) is 3.81. The van der Waals surface area contributed by atoms with Gasteiger partial charge < -0.3 is 19.4 Å². The summed E-state index contributed by atoms with van der Waals surface area (Å²) in [5, 5.41) is 2.98. The van der Waals surface area contributed by atoms with Gasteiger partial charge in [0.2, 0.25) is 0 Å². The van der Waals surface area contributed by atoms with Gasteiger partial charge in [-0.05, 0) is 31.9 Å². The zero-order valence-electron chi connectivity index (χ0n) is 13.4. The van der Waals surface area contributed by atoms with Gasteiger partial charge in [-0.15, -0.1) is 0 Å². The average molecular weight is 309 g/mol. The Balaban J connectivity index is 1.56. The van der Waals surface area contributed by atoms with Crippen LogP contribution in [0.15, 0.2) is 22.8 Å². The van der Waals surface area contributed by atoms with Crippen molar-refractivity contribution in [3.8, 4) is 0 Å². The molecule has 6 heteroatoms. The lowest BCUT2D eigenvalue weighted by Gasteiger charge is -2.34. The number of nitrogens with one attached hydrogen (secondary N) is 1. The Bertz CT molecular complexity index is 414. The van der Waals surface area contributed by atoms with Crippen LogP contribution < -0.4 is 5.32 Å². The number of amides is 2. The molecule has 2 amide bonds. The molecule has 1 aromatic heterocycles. The first-order chi connectivity index (χ1) is 10.8. The summed E-state index contributed by atoms with van der Waals surface area (Å²) in [6, 6.07) is 3.94. The molecule has 0 aromatic carbocycles. The summed E-state index contributed by atoms with van der Waals surface area (Å²) in [5.41, 5.74) is 0. The molecule has 0 radical (unpaired) electrons. The van der Waals surface area contributed by atoms with Crippen molar-refractivity contribution in [2.24, 2.45) is 0 Å². The fourth-order valence-electron chi connectivity index (χ4n) is 2.51. The molecule has 1 aromatic rings. The van der Waals surface area contributed by atoms with E-state index in [1.807, 2.05) is 24.0 Å². The average Bonchev–Trinajstić information content (AvgIpc) is 3.04. The molecule has 0 bridgehead atoms. The van der Waals surface area contributed by atoms with Gasteiger partial charge in [0, 0.05) is 45.9 Å². The minimum absolute atomic E-state index is 0.0501. The summed E-state index contributed by atoms with van der Waals surface area (Å²) < 4.78 is 10.6. The van der Waals surface area contributed by atoms with Gasteiger partial charge in [0.15, 0.2) is 0 Å². The van der Waals surface area contributed by atoms with Gasteiger partial charge in [-0.25, -0.2) is 4.79 Å². The van der Waals surface area contributed by atoms with E-state index in [0.717, 1.165) is 71.1 Å². The van der Waals surface area contributed by atoms with E-state index >= 15 is 0 Å². The zero-order valence-corrected chi connectivity index (χ0v) is 13.4. The number of piperazine rings is 1. The van der Waals surface area contributed by atoms with Crippen molar-refractivity contribution in [2.75, 3.05) is 45.9 Å². The zero-order chi connectivity index (χ0) is 15.6. The molecule has 0 aliphatic carbocycles. The van der Waals surface area contributed by atoms with Crippen LogP contribution >= 0.6 is 0 Å². The monoisotopic (exact) mass is 309 g/mol. The lowest BCUT2D eigenvalue weighted by atomic mass is 10.3. The summed E-state index contributed by atoms with van der Waals surface area (Å²) in [4.78, 5) is 16.3. The molecule has 1 saturated heterocycles. The van der Waals surface area contributed by atoms with Gasteiger partial charge >= 0.3 is 6.03 Å². The fourth-order valence-corrected chi connectivity index (χ4v) is 2.51. The Hall–Kier alpha value is -1.53. The number of rotatable bonds is 8. The van der Waals surface area contributed by atoms with Crippen molar-refractivity contribution in [2.45, 2.75) is 26.3 Å². The molecule has 2 rings (SSSR count). The smallest absolute Gasteiger partial charge is 0.317 e. The molecule has 124 valence electrons. The van der Waals surface area contributed by atoms with Crippen LogP contribution in [0.3, 0.4) is 0 Å². The number of carbonyl (C=O) groups is 1. The number of furan rings is 1. The van der Waals surface area contributed by atoms with E-state index < -0.39 is 0 Å². The molecule has 1 aliphatic heterocycles. The van der Waals surface area contributed by atoms with Crippen LogP contribution in [0.5, 0.6) is 0 Å². The minimum Gasteiger partial charge on any atom is -0.468 e. The molecule has 0 spiro atoms. The van der Waals surface area contributed by atoms with Crippen LogP contribution in [0, 0.1) is 0 Å². The largest absolute Gasteiger partial charge is 0.468 e. The van der Waals surface area contributed by atoms with Crippen LogP contribution in [0.4, 0.5) is 4.79 Å². The highest BCUT2D eigenvalue weighted by Gasteiger charge is 2.21. The molecule has 22 heavy (non-hydrogen) atoms. The minimum atomic E-state index is 0.0501. The van der Waals surface area contributed by atoms with Crippen molar-refractivity contribution >= 4 is 6.03 Å². The van der Waals surface area contributed by atoms with Gasteiger partial charge in [-0.2, -0.15) is 0 Å². The number of nitrogens with zero attached hydrogens (tertiary/aromatic N) is 2. The van der Waals surface area contributed by atoms with Crippen molar-refractivity contribution in [3.05, 3.63) is 24.2 Å². The van der Waals surface area contributed by atoms with Crippen molar-refractivity contribution in [1.29, 1.82) is 0 Å². The van der Waals surface area contributed by atoms with Gasteiger partial charge in [-0.3, -0.25) is 4.90 Å². The van der Waals surface area contributed by atoms with E-state index in [1.54, 1.807) is 6.26 Å². The number of urea groups is 1. The second-order valence-corrected chi connectivity index (χ2v) is 5.48. The maximum atomic E-state index is 12.1. The summed E-state index contributed by atoms with van der Waals surface area (Å²) >= 11 is 0. The highest BCUT2D eigenvalue weighted by Crippen LogP contribution is 2.09. The molecule has 2 heterocycles. The van der Waals surface area contributed by atoms with E-state index in [9.17, 15) is 4.79 Å². The van der Waals surface area contributed by atoms with E-state index in [-0.39, 0.29) is 6.03 Å². The Morgan fingerprint density at radius 2 is 2.14 bits per heavy atom. The van der Waals surface area contributed by atoms with Crippen LogP contribution in [0.2, 0.25) is 0 Å². The van der Waals surface area contributed by atoms with Crippen molar-refractivity contribution in [1.82, 2.24) is 15.1 Å². The number of ether oxygens (including phenoxy) is 1. The maximum Gasteiger partial charge on any atom is 0.317 e. The number of hydrogen-bond donors (Lipinski definition) is 1. The van der Waals surface area contributed by atoms with Crippen LogP contribution in [0.1, 0.15) is 25.5 Å². The molecule has 1 fully saturated rings. The predicted molar refractivity (Wildman–Crippen MR) is 84.7 cm³/mol. The van der Waals surface area contributed by atoms with Gasteiger partial charge in [-0.1, -0.05) is 0 Å². The summed E-state index contributed by atoms with van der Waals surface area (Å²) in [6.45, 7) is 8.38. The quantitative estimate of drug-likeness (QED) is 0.746. The lowest BCUT2D eigenvalue weighted by molar-refractivity contribution is 0.129. The third-order valence-corrected chi connectivity index (χ3v) is 3.81. The SMILES string of the molecule is CCOCCCCNC(=O)N1CCN(Cc2ccco2)CC1. The maximum absolute atomic E-state index is 12.1. The Labute approximate surface area is 132 Å². The fraction of sp³-hybridized carbons (Fsp3) is 0.688. The van der Waals surface area contributed by atoms with Crippen molar-refractivity contribution < 1.29 is 13.9 Å². The predicted octanol–water partition coefficient (Wildman–Crippen LogP) is 1.92. The van der Waals surface area contributed by atoms with Crippen molar-refractivity contribution in [3.63, 3.8) is 0 Å². The molecular weight excluding hydrogens is 282 g/mol. The summed E-state index contributed by atoms with van der Waals surface area (Å²) in [7, 11) is 0. The van der Waals surface area contributed by atoms with Gasteiger partial charge in [0.25, 0.3) is 0 Å². The number of carbonyl (C=O) groups excluding carboxylic acids is 1. The van der Waals surface area contributed by atoms with Crippen LogP contribution in [-0.2, 0) is 11.3 Å². The molecule has 0 unspecified atom stereocenters. The summed E-state index contributed by atoms with van der Waals surface area (Å²) in [5.74, 6) is 0.979. The van der Waals surface area contributed by atoms with E-state index in [2.05, 4.69) is 10.2 Å². The van der Waals surface area contributed by atoms with Crippen LogP contribution in [-0.4, -0.2) is 61.8 Å². The molecule has 1 aliphatic rings. The molecular formula is C16H27N3O3. The lowest BCUT2D eigenvalue weighted by Crippen LogP contribution is -2.51. The first kappa shape index (κ1) is 16.8. The molecule has 6 nitrogen and oxygen atoms in total. The van der Waals surface area contributed by atoms with E-state index in [4.69, 9.17) is 9.15 Å². The Morgan fingerprint density at radius 3 is 2.82 bits per heavy atom. The number of unbranched alkanes of at least 4 members (excludes halogenated alkanes) is 1. The van der Waals surface area contributed by atoms with Gasteiger partial charge in [0.05, 0.1) is 12.8 Å². The van der Waals surface area contributed by atoms with Gasteiger partial charge in [0.1, 0.15) is 5.76 Å².